The Kier molecular flexibility index (Phi) is 12.6. The summed E-state index contributed by atoms with van der Waals surface area (Å²) >= 11 is 0. The number of rotatable bonds is 10. The molecular formula is C36H48N4O3. The smallest absolute Gasteiger partial charge is 0.234 e. The van der Waals surface area contributed by atoms with E-state index in [1.807, 2.05) is 30.3 Å². The van der Waals surface area contributed by atoms with Crippen molar-refractivity contribution in [1.29, 1.82) is 0 Å². The molecule has 0 aromatic heterocycles. The minimum Gasteiger partial charge on any atom is -0.493 e. The normalized spacial score (nSPS) is 15.7. The number of aryl methyl sites for hydroxylation is 1. The lowest BCUT2D eigenvalue weighted by Crippen LogP contribution is -2.38. The number of nitrogens with one attached hydrogen (secondary N) is 2. The van der Waals surface area contributed by atoms with Crippen molar-refractivity contribution in [3.05, 3.63) is 101 Å². The van der Waals surface area contributed by atoms with Crippen LogP contribution in [-0.4, -0.2) is 60.9 Å². The molecule has 1 aliphatic rings. The van der Waals surface area contributed by atoms with E-state index in [1.165, 1.54) is 11.1 Å². The summed E-state index contributed by atoms with van der Waals surface area (Å²) in [5.74, 6) is 0.850. The van der Waals surface area contributed by atoms with Gasteiger partial charge in [0.25, 0.3) is 0 Å². The molecule has 4 rings (SSSR count). The summed E-state index contributed by atoms with van der Waals surface area (Å²) in [6.45, 7) is 11.6. The van der Waals surface area contributed by atoms with Gasteiger partial charge in [0.05, 0.1) is 25.6 Å². The van der Waals surface area contributed by atoms with Crippen molar-refractivity contribution in [1.82, 2.24) is 20.4 Å². The average Bonchev–Trinajstić information content (AvgIpc) is 3.01. The van der Waals surface area contributed by atoms with E-state index < -0.39 is 0 Å². The van der Waals surface area contributed by atoms with Gasteiger partial charge in [-0.1, -0.05) is 86.1 Å². The third-order valence-electron chi connectivity index (χ3n) is 8.11. The first-order valence-electron chi connectivity index (χ1n) is 15.8. The van der Waals surface area contributed by atoms with Crippen LogP contribution in [0.1, 0.15) is 67.0 Å². The molecule has 0 aliphatic carbocycles. The molecule has 2 N–H and O–H groups in total. The lowest BCUT2D eigenvalue weighted by Gasteiger charge is -2.30. The quantitative estimate of drug-likeness (QED) is 0.333. The van der Waals surface area contributed by atoms with Crippen molar-refractivity contribution in [2.24, 2.45) is 0 Å². The third kappa shape index (κ3) is 10.2. The molecule has 43 heavy (non-hydrogen) atoms. The van der Waals surface area contributed by atoms with Crippen molar-refractivity contribution in [3.63, 3.8) is 0 Å². The molecule has 0 spiro atoms. The molecule has 7 heteroatoms. The first-order chi connectivity index (χ1) is 20.9. The van der Waals surface area contributed by atoms with Gasteiger partial charge in [-0.25, -0.2) is 0 Å². The molecule has 0 fully saturated rings. The highest BCUT2D eigenvalue weighted by Crippen LogP contribution is 2.25. The van der Waals surface area contributed by atoms with Gasteiger partial charge in [0.1, 0.15) is 5.75 Å². The van der Waals surface area contributed by atoms with Crippen LogP contribution in [0.25, 0.3) is 0 Å². The maximum Gasteiger partial charge on any atom is 0.234 e. The van der Waals surface area contributed by atoms with Crippen LogP contribution in [0.4, 0.5) is 0 Å². The monoisotopic (exact) mass is 584 g/mol. The van der Waals surface area contributed by atoms with Crippen molar-refractivity contribution in [2.75, 3.05) is 39.3 Å². The summed E-state index contributed by atoms with van der Waals surface area (Å²) in [7, 11) is 0. The van der Waals surface area contributed by atoms with Crippen LogP contribution in [0.3, 0.4) is 0 Å². The second-order valence-corrected chi connectivity index (χ2v) is 11.5. The molecule has 3 aromatic carbocycles. The zero-order valence-electron chi connectivity index (χ0n) is 26.1. The largest absolute Gasteiger partial charge is 0.493 e. The van der Waals surface area contributed by atoms with Crippen molar-refractivity contribution in [3.8, 4) is 5.75 Å². The Morgan fingerprint density at radius 3 is 2.47 bits per heavy atom. The molecule has 0 saturated carbocycles. The maximum absolute atomic E-state index is 13.2. The minimum absolute atomic E-state index is 0.00435. The number of nitrogens with zero attached hydrogens (tertiary/aromatic N) is 2. The Hall–Kier alpha value is -3.68. The first-order valence-corrected chi connectivity index (χ1v) is 15.8. The van der Waals surface area contributed by atoms with Gasteiger partial charge < -0.3 is 15.4 Å². The van der Waals surface area contributed by atoms with Gasteiger partial charge in [-0.05, 0) is 62.0 Å². The van der Waals surface area contributed by atoms with Crippen molar-refractivity contribution in [2.45, 2.75) is 65.6 Å². The SMILES string of the molecule is CCN(CC)C(CNC(=O)Cc1ccc2c(c1)CN(Cc1ccccc1)CC(=O)NCCCCCO2)c1ccc(C)cc1. The van der Waals surface area contributed by atoms with E-state index >= 15 is 0 Å². The van der Waals surface area contributed by atoms with Crippen LogP contribution >= 0.6 is 0 Å². The first kappa shape index (κ1) is 32.2. The molecule has 0 saturated heterocycles. The van der Waals surface area contributed by atoms with Gasteiger partial charge in [-0.2, -0.15) is 0 Å². The van der Waals surface area contributed by atoms with Gasteiger partial charge in [0.15, 0.2) is 0 Å². The molecular weight excluding hydrogens is 536 g/mol. The summed E-state index contributed by atoms with van der Waals surface area (Å²) in [6, 6.07) is 25.0. The molecule has 3 aromatic rings. The molecule has 1 aliphatic heterocycles. The fraction of sp³-hybridized carbons (Fsp3) is 0.444. The van der Waals surface area contributed by atoms with Crippen molar-refractivity contribution >= 4 is 11.8 Å². The van der Waals surface area contributed by atoms with Gasteiger partial charge >= 0.3 is 0 Å². The van der Waals surface area contributed by atoms with E-state index in [-0.39, 0.29) is 24.3 Å². The second-order valence-electron chi connectivity index (χ2n) is 11.5. The number of benzene rings is 3. The third-order valence-corrected chi connectivity index (χ3v) is 8.11. The van der Waals surface area contributed by atoms with Gasteiger partial charge in [-0.3, -0.25) is 19.4 Å². The van der Waals surface area contributed by atoms with Gasteiger partial charge in [-0.15, -0.1) is 0 Å². The van der Waals surface area contributed by atoms with Crippen LogP contribution in [-0.2, 0) is 29.1 Å². The van der Waals surface area contributed by atoms with E-state index in [0.29, 0.717) is 39.3 Å². The summed E-state index contributed by atoms with van der Waals surface area (Å²) in [5.41, 5.74) is 5.51. The Bertz CT molecular complexity index is 1290. The standard InChI is InChI=1S/C36H48N4O3/c1-4-40(5-2)33(31-17-14-28(3)15-18-31)24-38-35(41)23-30-16-19-34-32(22-30)26-39(25-29-12-8-6-9-13-29)27-36(42)37-20-10-7-11-21-43-34/h6,8-9,12-19,22,33H,4-5,7,10-11,20-21,23-27H2,1-3H3,(H,37,42)(H,38,41). The number of hydrogen-bond donors (Lipinski definition) is 2. The highest BCUT2D eigenvalue weighted by molar-refractivity contribution is 5.79. The molecule has 2 amide bonds. The molecule has 230 valence electrons. The fourth-order valence-corrected chi connectivity index (χ4v) is 5.70. The molecule has 7 nitrogen and oxygen atoms in total. The van der Waals surface area contributed by atoms with Crippen LogP contribution < -0.4 is 15.4 Å². The number of fused-ring (bicyclic) bond motifs is 1. The van der Waals surface area contributed by atoms with Crippen LogP contribution in [0, 0.1) is 6.92 Å². The highest BCUT2D eigenvalue weighted by atomic mass is 16.5. The van der Waals surface area contributed by atoms with E-state index in [2.05, 4.69) is 83.7 Å². The van der Waals surface area contributed by atoms with Crippen molar-refractivity contribution < 1.29 is 14.3 Å². The molecule has 0 radical (unpaired) electrons. The Morgan fingerprint density at radius 1 is 0.953 bits per heavy atom. The molecule has 1 unspecified atom stereocenters. The average molecular weight is 585 g/mol. The van der Waals surface area contributed by atoms with E-state index in [0.717, 1.165) is 54.8 Å². The van der Waals surface area contributed by atoms with Crippen LogP contribution in [0.5, 0.6) is 5.75 Å². The Balaban J connectivity index is 1.49. The van der Waals surface area contributed by atoms with E-state index in [9.17, 15) is 9.59 Å². The summed E-state index contributed by atoms with van der Waals surface area (Å²) < 4.78 is 6.24. The number of ether oxygens (including phenoxy) is 1. The summed E-state index contributed by atoms with van der Waals surface area (Å²) in [6.07, 6.45) is 3.15. The topological polar surface area (TPSA) is 73.9 Å². The summed E-state index contributed by atoms with van der Waals surface area (Å²) in [4.78, 5) is 30.6. The maximum atomic E-state index is 13.2. The van der Waals surface area contributed by atoms with Crippen LogP contribution in [0.15, 0.2) is 72.8 Å². The lowest BCUT2D eigenvalue weighted by atomic mass is 10.0. The zero-order chi connectivity index (χ0) is 30.4. The molecule has 1 atom stereocenters. The minimum atomic E-state index is -0.00435. The lowest BCUT2D eigenvalue weighted by molar-refractivity contribution is -0.122. The molecule has 0 bridgehead atoms. The second kappa shape index (κ2) is 16.8. The van der Waals surface area contributed by atoms with E-state index in [4.69, 9.17) is 4.74 Å². The number of amides is 2. The number of hydrogen-bond acceptors (Lipinski definition) is 5. The predicted molar refractivity (Wildman–Crippen MR) is 173 cm³/mol. The van der Waals surface area contributed by atoms with Gasteiger partial charge in [0, 0.05) is 31.7 Å². The summed E-state index contributed by atoms with van der Waals surface area (Å²) in [5, 5.41) is 6.28. The predicted octanol–water partition coefficient (Wildman–Crippen LogP) is 5.42. The van der Waals surface area contributed by atoms with Gasteiger partial charge in [0.2, 0.25) is 11.8 Å². The molecule has 1 heterocycles. The van der Waals surface area contributed by atoms with E-state index in [1.54, 1.807) is 0 Å². The fourth-order valence-electron chi connectivity index (χ4n) is 5.70. The zero-order valence-corrected chi connectivity index (χ0v) is 26.1. The highest BCUT2D eigenvalue weighted by Gasteiger charge is 2.20. The number of likely N-dealkylation sites (N-methyl/N-ethyl adjacent to an activating group) is 1. The Morgan fingerprint density at radius 2 is 1.72 bits per heavy atom. The number of carbonyl (C=O) groups excluding carboxylic acids is 2. The van der Waals surface area contributed by atoms with Crippen LogP contribution in [0.2, 0.25) is 0 Å². The Labute approximate surface area is 257 Å². The number of carbonyl (C=O) groups is 2.